The lowest BCUT2D eigenvalue weighted by Crippen LogP contribution is -2.51. The second-order valence-corrected chi connectivity index (χ2v) is 10.3. The molecular formula is C21H28ClN7O2S. The van der Waals surface area contributed by atoms with E-state index in [0.717, 1.165) is 48.9 Å². The molecule has 2 atom stereocenters. The molecule has 6 N–H and O–H groups in total. The highest BCUT2D eigenvalue weighted by atomic mass is 35.5. The third-order valence-electron chi connectivity index (χ3n) is 6.91. The van der Waals surface area contributed by atoms with Crippen LogP contribution in [-0.4, -0.2) is 60.0 Å². The standard InChI is InChI=1S/C21H28ClN7O2S/c1-11-16(23)21(10-31-11)3-6-29(7-4-21)19-15(12-8-30-9-12)27-20(18(25)28-19)32-13-2-5-26-17(24)14(13)22/h2,5,11-12,16H,3-4,6-10,23H2,1H3,(H2,24,26)(H2,25,28)/t11-,16+/m0/s1. The molecule has 0 unspecified atom stereocenters. The van der Waals surface area contributed by atoms with Gasteiger partial charge in [-0.15, -0.1) is 0 Å². The Bertz CT molecular complexity index is 1010. The van der Waals surface area contributed by atoms with Crippen LogP contribution in [0.1, 0.15) is 31.4 Å². The van der Waals surface area contributed by atoms with Gasteiger partial charge < -0.3 is 31.6 Å². The minimum absolute atomic E-state index is 0.0441. The van der Waals surface area contributed by atoms with Crippen molar-refractivity contribution in [3.8, 4) is 0 Å². The van der Waals surface area contributed by atoms with Crippen LogP contribution < -0.4 is 22.1 Å². The number of halogens is 1. The first-order valence-corrected chi connectivity index (χ1v) is 12.0. The molecule has 9 nitrogen and oxygen atoms in total. The molecule has 0 aromatic carbocycles. The summed E-state index contributed by atoms with van der Waals surface area (Å²) in [5, 5.41) is 0.999. The molecule has 0 aliphatic carbocycles. The second kappa shape index (κ2) is 8.49. The van der Waals surface area contributed by atoms with E-state index in [1.54, 1.807) is 12.3 Å². The summed E-state index contributed by atoms with van der Waals surface area (Å²) in [6.07, 6.45) is 3.64. The number of hydrogen-bond donors (Lipinski definition) is 3. The summed E-state index contributed by atoms with van der Waals surface area (Å²) in [4.78, 5) is 16.8. The van der Waals surface area contributed by atoms with Crippen LogP contribution in [0.3, 0.4) is 0 Å². The molecule has 0 amide bonds. The molecule has 5 heterocycles. The lowest BCUT2D eigenvalue weighted by molar-refractivity contribution is 0.00650. The van der Waals surface area contributed by atoms with Crippen LogP contribution in [0.2, 0.25) is 5.02 Å². The Morgan fingerprint density at radius 3 is 2.56 bits per heavy atom. The van der Waals surface area contributed by atoms with Gasteiger partial charge in [0.1, 0.15) is 10.8 Å². The number of hydrogen-bond acceptors (Lipinski definition) is 10. The number of aromatic nitrogens is 3. The third kappa shape index (κ3) is 3.77. The SMILES string of the molecule is C[C@@H]1OCC2(CCN(c3nc(N)c(Sc4ccnc(N)c4Cl)nc3C3COC3)CC2)[C@@H]1N. The van der Waals surface area contributed by atoms with E-state index in [2.05, 4.69) is 16.8 Å². The van der Waals surface area contributed by atoms with Gasteiger partial charge in [-0.05, 0) is 25.8 Å². The van der Waals surface area contributed by atoms with Crippen molar-refractivity contribution in [2.75, 3.05) is 49.3 Å². The average Bonchev–Trinajstić information content (AvgIpc) is 3.01. The average molecular weight is 478 g/mol. The molecular weight excluding hydrogens is 450 g/mol. The van der Waals surface area contributed by atoms with Crippen LogP contribution in [0.4, 0.5) is 17.5 Å². The van der Waals surface area contributed by atoms with Crippen LogP contribution in [-0.2, 0) is 9.47 Å². The van der Waals surface area contributed by atoms with Gasteiger partial charge in [0.25, 0.3) is 0 Å². The molecule has 0 radical (unpaired) electrons. The van der Waals surface area contributed by atoms with Crippen molar-refractivity contribution in [1.82, 2.24) is 15.0 Å². The van der Waals surface area contributed by atoms with Crippen molar-refractivity contribution in [3.05, 3.63) is 23.0 Å². The number of nitrogens with zero attached hydrogens (tertiary/aromatic N) is 4. The Morgan fingerprint density at radius 1 is 1.19 bits per heavy atom. The number of nitrogen functional groups attached to an aromatic ring is 2. The van der Waals surface area contributed by atoms with Crippen molar-refractivity contribution in [1.29, 1.82) is 0 Å². The molecule has 2 aromatic rings. The minimum Gasteiger partial charge on any atom is -0.382 e. The smallest absolute Gasteiger partial charge is 0.158 e. The number of anilines is 3. The summed E-state index contributed by atoms with van der Waals surface area (Å²) in [5.41, 5.74) is 19.7. The Kier molecular flexibility index (Phi) is 5.83. The normalized spacial score (nSPS) is 25.3. The van der Waals surface area contributed by atoms with Gasteiger partial charge in [0.05, 0.1) is 42.6 Å². The summed E-state index contributed by atoms with van der Waals surface area (Å²) >= 11 is 7.67. The zero-order valence-corrected chi connectivity index (χ0v) is 19.5. The number of piperidine rings is 1. The zero-order chi connectivity index (χ0) is 22.5. The molecule has 0 bridgehead atoms. The zero-order valence-electron chi connectivity index (χ0n) is 18.0. The van der Waals surface area contributed by atoms with E-state index in [1.165, 1.54) is 11.8 Å². The molecule has 3 aliphatic rings. The number of rotatable bonds is 4. The Hall–Kier alpha value is -1.85. The molecule has 0 saturated carbocycles. The van der Waals surface area contributed by atoms with Gasteiger partial charge in [0.2, 0.25) is 0 Å². The highest BCUT2D eigenvalue weighted by Crippen LogP contribution is 2.44. The van der Waals surface area contributed by atoms with Crippen LogP contribution in [0, 0.1) is 5.41 Å². The van der Waals surface area contributed by atoms with Gasteiger partial charge in [-0.3, -0.25) is 0 Å². The van der Waals surface area contributed by atoms with Gasteiger partial charge in [-0.2, -0.15) is 0 Å². The number of pyridine rings is 1. The highest BCUT2D eigenvalue weighted by Gasteiger charge is 2.48. The summed E-state index contributed by atoms with van der Waals surface area (Å²) in [7, 11) is 0. The first-order valence-electron chi connectivity index (χ1n) is 10.8. The molecule has 3 fully saturated rings. The van der Waals surface area contributed by atoms with Crippen LogP contribution in [0.5, 0.6) is 0 Å². The summed E-state index contributed by atoms with van der Waals surface area (Å²) in [6, 6.07) is 1.86. The maximum atomic E-state index is 6.49. The summed E-state index contributed by atoms with van der Waals surface area (Å²) in [6.45, 7) is 5.74. The van der Waals surface area contributed by atoms with Gasteiger partial charge >= 0.3 is 0 Å². The van der Waals surface area contributed by atoms with E-state index < -0.39 is 0 Å². The van der Waals surface area contributed by atoms with Crippen molar-refractivity contribution in [2.45, 2.75) is 47.8 Å². The quantitative estimate of drug-likeness (QED) is 0.600. The predicted octanol–water partition coefficient (Wildman–Crippen LogP) is 2.29. The third-order valence-corrected chi connectivity index (χ3v) is 8.48. The van der Waals surface area contributed by atoms with Crippen molar-refractivity contribution in [3.63, 3.8) is 0 Å². The van der Waals surface area contributed by atoms with Crippen LogP contribution in [0.15, 0.2) is 22.2 Å². The number of nitrogens with two attached hydrogens (primary N) is 3. The molecule has 11 heteroatoms. The fourth-order valence-corrected chi connectivity index (χ4v) is 5.73. The lowest BCUT2D eigenvalue weighted by Gasteiger charge is -2.42. The Labute approximate surface area is 196 Å². The predicted molar refractivity (Wildman–Crippen MR) is 125 cm³/mol. The van der Waals surface area contributed by atoms with E-state index in [4.69, 9.17) is 48.2 Å². The van der Waals surface area contributed by atoms with Crippen molar-refractivity contribution >= 4 is 40.8 Å². The van der Waals surface area contributed by atoms with Gasteiger partial charge in [0, 0.05) is 35.6 Å². The molecule has 5 rings (SSSR count). The highest BCUT2D eigenvalue weighted by molar-refractivity contribution is 7.99. The fourth-order valence-electron chi connectivity index (χ4n) is 4.67. The molecule has 2 aromatic heterocycles. The maximum absolute atomic E-state index is 6.49. The molecule has 3 saturated heterocycles. The molecule has 32 heavy (non-hydrogen) atoms. The van der Waals surface area contributed by atoms with E-state index in [0.29, 0.717) is 29.1 Å². The van der Waals surface area contributed by atoms with Crippen molar-refractivity contribution < 1.29 is 9.47 Å². The van der Waals surface area contributed by atoms with Crippen LogP contribution >= 0.6 is 23.4 Å². The second-order valence-electron chi connectivity index (χ2n) is 8.86. The van der Waals surface area contributed by atoms with E-state index >= 15 is 0 Å². The van der Waals surface area contributed by atoms with Gasteiger partial charge in [-0.25, -0.2) is 15.0 Å². The maximum Gasteiger partial charge on any atom is 0.158 e. The first-order chi connectivity index (χ1) is 15.4. The Morgan fingerprint density at radius 2 is 1.94 bits per heavy atom. The summed E-state index contributed by atoms with van der Waals surface area (Å²) in [5.74, 6) is 1.69. The molecule has 1 spiro atoms. The topological polar surface area (TPSA) is 138 Å². The Balaban J connectivity index is 1.42. The molecule has 3 aliphatic heterocycles. The monoisotopic (exact) mass is 477 g/mol. The van der Waals surface area contributed by atoms with E-state index in [1.807, 2.05) is 0 Å². The largest absolute Gasteiger partial charge is 0.382 e. The van der Waals surface area contributed by atoms with Crippen LogP contribution in [0.25, 0.3) is 0 Å². The first kappa shape index (κ1) is 22.0. The fraction of sp³-hybridized carbons (Fsp3) is 0.571. The number of ether oxygens (including phenoxy) is 2. The van der Waals surface area contributed by atoms with Crippen molar-refractivity contribution in [2.24, 2.45) is 11.1 Å². The van der Waals surface area contributed by atoms with E-state index in [-0.39, 0.29) is 29.3 Å². The van der Waals surface area contributed by atoms with Gasteiger partial charge in [-0.1, -0.05) is 23.4 Å². The summed E-state index contributed by atoms with van der Waals surface area (Å²) < 4.78 is 11.3. The van der Waals surface area contributed by atoms with Gasteiger partial charge in [0.15, 0.2) is 11.6 Å². The molecule has 172 valence electrons. The van der Waals surface area contributed by atoms with E-state index in [9.17, 15) is 0 Å². The minimum atomic E-state index is 0.0441. The lowest BCUT2D eigenvalue weighted by atomic mass is 9.73.